The molecule has 0 aromatic heterocycles. The van der Waals surface area contributed by atoms with E-state index in [0.717, 1.165) is 5.75 Å². The summed E-state index contributed by atoms with van der Waals surface area (Å²) < 4.78 is 0. The zero-order valence-corrected chi connectivity index (χ0v) is 11.6. The quantitative estimate of drug-likeness (QED) is 0.755. The second-order valence-electron chi connectivity index (χ2n) is 4.80. The largest absolute Gasteiger partial charge is 0.311 e. The van der Waals surface area contributed by atoms with Crippen molar-refractivity contribution in [2.45, 2.75) is 44.7 Å². The lowest BCUT2D eigenvalue weighted by molar-refractivity contribution is 0.401. The van der Waals surface area contributed by atoms with E-state index in [1.807, 2.05) is 11.8 Å². The van der Waals surface area contributed by atoms with Crippen molar-refractivity contribution >= 4 is 11.8 Å². The minimum absolute atomic E-state index is 0.559. The summed E-state index contributed by atoms with van der Waals surface area (Å²) in [4.78, 5) is 1.36. The third-order valence-electron chi connectivity index (χ3n) is 2.52. The summed E-state index contributed by atoms with van der Waals surface area (Å²) in [5, 5.41) is 3.63. The van der Waals surface area contributed by atoms with Crippen molar-refractivity contribution in [3.05, 3.63) is 30.3 Å². The van der Waals surface area contributed by atoms with Gasteiger partial charge >= 0.3 is 0 Å². The Morgan fingerprint density at radius 3 is 2.19 bits per heavy atom. The summed E-state index contributed by atoms with van der Waals surface area (Å²) in [7, 11) is 0. The normalized spacial score (nSPS) is 13.4. The van der Waals surface area contributed by atoms with Gasteiger partial charge in [-0.2, -0.15) is 0 Å². The van der Waals surface area contributed by atoms with Crippen LogP contribution in [0.4, 0.5) is 0 Å². The summed E-state index contributed by atoms with van der Waals surface area (Å²) in [6, 6.07) is 11.8. The highest BCUT2D eigenvalue weighted by atomic mass is 32.2. The highest BCUT2D eigenvalue weighted by Crippen LogP contribution is 2.20. The Balaban J connectivity index is 2.44. The molecule has 0 spiro atoms. The number of hydrogen-bond acceptors (Lipinski definition) is 2. The number of rotatable bonds is 6. The van der Waals surface area contributed by atoms with Gasteiger partial charge in [0.25, 0.3) is 0 Å². The van der Waals surface area contributed by atoms with Gasteiger partial charge in [-0.05, 0) is 18.1 Å². The molecule has 1 aromatic carbocycles. The molecule has 0 saturated carbocycles. The molecule has 0 aliphatic rings. The summed E-state index contributed by atoms with van der Waals surface area (Å²) in [6.45, 7) is 8.99. The van der Waals surface area contributed by atoms with E-state index < -0.39 is 0 Å². The van der Waals surface area contributed by atoms with Crippen molar-refractivity contribution in [3.63, 3.8) is 0 Å². The molecule has 90 valence electrons. The van der Waals surface area contributed by atoms with E-state index in [1.165, 1.54) is 4.90 Å². The molecule has 2 heteroatoms. The highest BCUT2D eigenvalue weighted by Gasteiger charge is 2.14. The Morgan fingerprint density at radius 2 is 1.69 bits per heavy atom. The molecule has 0 bridgehead atoms. The molecule has 0 heterocycles. The molecule has 1 unspecified atom stereocenters. The first-order valence-corrected chi connectivity index (χ1v) is 7.02. The van der Waals surface area contributed by atoms with Gasteiger partial charge < -0.3 is 5.32 Å². The summed E-state index contributed by atoms with van der Waals surface area (Å²) in [6.07, 6.45) is 0. The van der Waals surface area contributed by atoms with Crippen molar-refractivity contribution in [3.8, 4) is 0 Å². The van der Waals surface area contributed by atoms with Crippen LogP contribution >= 0.6 is 11.8 Å². The van der Waals surface area contributed by atoms with Crippen LogP contribution in [-0.4, -0.2) is 17.8 Å². The van der Waals surface area contributed by atoms with Crippen molar-refractivity contribution in [2.24, 2.45) is 5.92 Å². The van der Waals surface area contributed by atoms with Crippen LogP contribution in [0.25, 0.3) is 0 Å². The molecule has 0 saturated heterocycles. The van der Waals surface area contributed by atoms with Gasteiger partial charge in [-0.1, -0.05) is 45.9 Å². The van der Waals surface area contributed by atoms with Crippen LogP contribution in [0.2, 0.25) is 0 Å². The minimum Gasteiger partial charge on any atom is -0.311 e. The van der Waals surface area contributed by atoms with E-state index in [4.69, 9.17) is 0 Å². The van der Waals surface area contributed by atoms with Crippen LogP contribution in [0, 0.1) is 5.92 Å². The standard InChI is InChI=1S/C14H23NS/c1-11(2)14(15-12(3)4)10-16-13-8-6-5-7-9-13/h5-9,11-12,14-15H,10H2,1-4H3. The van der Waals surface area contributed by atoms with Crippen LogP contribution in [0.5, 0.6) is 0 Å². The zero-order chi connectivity index (χ0) is 12.0. The molecule has 0 fully saturated rings. The molecule has 1 nitrogen and oxygen atoms in total. The van der Waals surface area contributed by atoms with E-state index in [-0.39, 0.29) is 0 Å². The maximum absolute atomic E-state index is 3.63. The molecule has 16 heavy (non-hydrogen) atoms. The lowest BCUT2D eigenvalue weighted by Crippen LogP contribution is -2.40. The summed E-state index contributed by atoms with van der Waals surface area (Å²) in [5.74, 6) is 1.82. The number of benzene rings is 1. The van der Waals surface area contributed by atoms with E-state index in [1.54, 1.807) is 0 Å². The van der Waals surface area contributed by atoms with Gasteiger partial charge in [0.15, 0.2) is 0 Å². The summed E-state index contributed by atoms with van der Waals surface area (Å²) in [5.41, 5.74) is 0. The van der Waals surface area contributed by atoms with Gasteiger partial charge in [-0.25, -0.2) is 0 Å². The molecule has 0 amide bonds. The molecular formula is C14H23NS. The van der Waals surface area contributed by atoms with Crippen molar-refractivity contribution in [2.75, 3.05) is 5.75 Å². The van der Waals surface area contributed by atoms with Crippen molar-refractivity contribution in [1.82, 2.24) is 5.32 Å². The minimum atomic E-state index is 0.559. The van der Waals surface area contributed by atoms with Gasteiger partial charge in [0.05, 0.1) is 0 Å². The maximum atomic E-state index is 3.63. The Labute approximate surface area is 104 Å². The maximum Gasteiger partial charge on any atom is 0.0187 e. The molecule has 0 radical (unpaired) electrons. The first-order valence-electron chi connectivity index (χ1n) is 6.03. The van der Waals surface area contributed by atoms with Gasteiger partial charge in [0, 0.05) is 22.7 Å². The average Bonchev–Trinajstić information content (AvgIpc) is 2.25. The molecule has 1 aromatic rings. The Bertz CT molecular complexity index is 282. The second-order valence-corrected chi connectivity index (χ2v) is 5.89. The molecular weight excluding hydrogens is 214 g/mol. The first kappa shape index (κ1) is 13.6. The smallest absolute Gasteiger partial charge is 0.0187 e. The van der Waals surface area contributed by atoms with Crippen molar-refractivity contribution < 1.29 is 0 Å². The predicted molar refractivity (Wildman–Crippen MR) is 74.1 cm³/mol. The van der Waals surface area contributed by atoms with E-state index in [9.17, 15) is 0 Å². The summed E-state index contributed by atoms with van der Waals surface area (Å²) >= 11 is 1.94. The van der Waals surface area contributed by atoms with Crippen LogP contribution in [0.15, 0.2) is 35.2 Å². The molecule has 0 aliphatic heterocycles. The average molecular weight is 237 g/mol. The fraction of sp³-hybridized carbons (Fsp3) is 0.571. The van der Waals surface area contributed by atoms with E-state index in [0.29, 0.717) is 18.0 Å². The Morgan fingerprint density at radius 1 is 1.06 bits per heavy atom. The van der Waals surface area contributed by atoms with Crippen molar-refractivity contribution in [1.29, 1.82) is 0 Å². The van der Waals surface area contributed by atoms with Gasteiger partial charge in [-0.15, -0.1) is 11.8 Å². The number of nitrogens with one attached hydrogen (secondary N) is 1. The zero-order valence-electron chi connectivity index (χ0n) is 10.7. The van der Waals surface area contributed by atoms with Gasteiger partial charge in [-0.3, -0.25) is 0 Å². The van der Waals surface area contributed by atoms with Gasteiger partial charge in [0.2, 0.25) is 0 Å². The first-order chi connectivity index (χ1) is 7.59. The third kappa shape index (κ3) is 5.04. The Hall–Kier alpha value is -0.470. The second kappa shape index (κ2) is 6.97. The topological polar surface area (TPSA) is 12.0 Å². The molecule has 0 aliphatic carbocycles. The van der Waals surface area contributed by atoms with Crippen LogP contribution in [-0.2, 0) is 0 Å². The van der Waals surface area contributed by atoms with Crippen LogP contribution in [0.3, 0.4) is 0 Å². The Kier molecular flexibility index (Phi) is 5.93. The fourth-order valence-electron chi connectivity index (χ4n) is 1.56. The van der Waals surface area contributed by atoms with Crippen LogP contribution in [0.1, 0.15) is 27.7 Å². The third-order valence-corrected chi connectivity index (χ3v) is 3.66. The number of thioether (sulfide) groups is 1. The lowest BCUT2D eigenvalue weighted by atomic mass is 10.1. The number of hydrogen-bond donors (Lipinski definition) is 1. The van der Waals surface area contributed by atoms with E-state index in [2.05, 4.69) is 63.3 Å². The molecule has 1 N–H and O–H groups in total. The van der Waals surface area contributed by atoms with Crippen LogP contribution < -0.4 is 5.32 Å². The molecule has 1 atom stereocenters. The SMILES string of the molecule is CC(C)NC(CSc1ccccc1)C(C)C. The van der Waals surface area contributed by atoms with E-state index >= 15 is 0 Å². The lowest BCUT2D eigenvalue weighted by Gasteiger charge is -2.24. The monoisotopic (exact) mass is 237 g/mol. The fourth-order valence-corrected chi connectivity index (χ4v) is 2.77. The van der Waals surface area contributed by atoms with Gasteiger partial charge in [0.1, 0.15) is 0 Å². The molecule has 1 rings (SSSR count). The highest BCUT2D eigenvalue weighted by molar-refractivity contribution is 7.99. The predicted octanol–water partition coefficient (Wildman–Crippen LogP) is 3.80.